The van der Waals surface area contributed by atoms with Crippen molar-refractivity contribution in [2.75, 3.05) is 7.11 Å². The van der Waals surface area contributed by atoms with E-state index < -0.39 is 0 Å². The molecule has 0 bridgehead atoms. The zero-order chi connectivity index (χ0) is 18.4. The number of furan rings is 1. The fraction of sp³-hybridized carbons (Fsp3) is 0.200. The molecule has 0 atom stereocenters. The van der Waals surface area contributed by atoms with Gasteiger partial charge in [0.2, 0.25) is 0 Å². The lowest BCUT2D eigenvalue weighted by molar-refractivity contribution is 0.284. The number of rotatable bonds is 8. The van der Waals surface area contributed by atoms with Gasteiger partial charge in [-0.2, -0.15) is 0 Å². The second kappa shape index (κ2) is 8.87. The van der Waals surface area contributed by atoms with Gasteiger partial charge in [-0.25, -0.2) is 4.39 Å². The zero-order valence-corrected chi connectivity index (χ0v) is 15.9. The highest BCUT2D eigenvalue weighted by Crippen LogP contribution is 2.34. The second-order valence-electron chi connectivity index (χ2n) is 5.69. The van der Waals surface area contributed by atoms with E-state index in [0.717, 1.165) is 21.4 Å². The summed E-state index contributed by atoms with van der Waals surface area (Å²) in [7, 11) is 1.61. The molecule has 0 amide bonds. The number of methoxy groups -OCH3 is 1. The average Bonchev–Trinajstić information content (AvgIpc) is 3.16. The van der Waals surface area contributed by atoms with Crippen molar-refractivity contribution in [2.45, 2.75) is 19.7 Å². The van der Waals surface area contributed by atoms with E-state index in [1.54, 1.807) is 25.5 Å². The Bertz CT molecular complexity index is 835. The zero-order valence-electron chi connectivity index (χ0n) is 14.3. The van der Waals surface area contributed by atoms with Crippen LogP contribution in [0.3, 0.4) is 0 Å². The SMILES string of the molecule is COc1cc(CNCc2ccco2)c(Br)cc1OCc1ccc(F)cc1. The smallest absolute Gasteiger partial charge is 0.162 e. The highest BCUT2D eigenvalue weighted by atomic mass is 79.9. The number of hydrogen-bond donors (Lipinski definition) is 1. The molecule has 0 aliphatic rings. The van der Waals surface area contributed by atoms with Gasteiger partial charge in [-0.3, -0.25) is 0 Å². The molecule has 3 aromatic rings. The van der Waals surface area contributed by atoms with E-state index in [1.807, 2.05) is 24.3 Å². The van der Waals surface area contributed by atoms with E-state index >= 15 is 0 Å². The molecule has 26 heavy (non-hydrogen) atoms. The van der Waals surface area contributed by atoms with Crippen molar-refractivity contribution in [1.82, 2.24) is 5.32 Å². The first-order valence-corrected chi connectivity index (χ1v) is 8.92. The van der Waals surface area contributed by atoms with Gasteiger partial charge in [0.25, 0.3) is 0 Å². The second-order valence-corrected chi connectivity index (χ2v) is 6.55. The Morgan fingerprint density at radius 2 is 1.88 bits per heavy atom. The first-order valence-electron chi connectivity index (χ1n) is 8.12. The summed E-state index contributed by atoms with van der Waals surface area (Å²) in [5.74, 6) is 1.89. The molecule has 136 valence electrons. The van der Waals surface area contributed by atoms with Crippen LogP contribution < -0.4 is 14.8 Å². The first-order chi connectivity index (χ1) is 12.7. The third kappa shape index (κ3) is 4.86. The normalized spacial score (nSPS) is 10.7. The molecule has 6 heteroatoms. The predicted octanol–water partition coefficient (Wildman–Crippen LogP) is 5.06. The van der Waals surface area contributed by atoms with Gasteiger partial charge in [0.1, 0.15) is 18.2 Å². The van der Waals surface area contributed by atoms with Gasteiger partial charge in [-0.05, 0) is 47.5 Å². The molecule has 4 nitrogen and oxygen atoms in total. The van der Waals surface area contributed by atoms with Gasteiger partial charge in [-0.1, -0.05) is 28.1 Å². The minimum Gasteiger partial charge on any atom is -0.493 e. The fourth-order valence-corrected chi connectivity index (χ4v) is 2.92. The summed E-state index contributed by atoms with van der Waals surface area (Å²) < 4.78 is 30.5. The van der Waals surface area contributed by atoms with Crippen LogP contribution in [-0.4, -0.2) is 7.11 Å². The lowest BCUT2D eigenvalue weighted by Crippen LogP contribution is -2.12. The Morgan fingerprint density at radius 3 is 2.58 bits per heavy atom. The summed E-state index contributed by atoms with van der Waals surface area (Å²) in [6.45, 7) is 1.62. The molecule has 3 rings (SSSR count). The van der Waals surface area contributed by atoms with Crippen molar-refractivity contribution in [3.63, 3.8) is 0 Å². The van der Waals surface area contributed by atoms with Crippen LogP contribution in [0, 0.1) is 5.82 Å². The lowest BCUT2D eigenvalue weighted by Gasteiger charge is -2.14. The maximum Gasteiger partial charge on any atom is 0.162 e. The molecule has 0 radical (unpaired) electrons. The standard InChI is InChI=1S/C20H19BrFNO3/c1-24-19-9-15(11-23-12-17-3-2-8-25-17)18(21)10-20(19)26-13-14-4-6-16(22)7-5-14/h2-10,23H,11-13H2,1H3. The summed E-state index contributed by atoms with van der Waals surface area (Å²) in [5, 5.41) is 3.32. The molecular weight excluding hydrogens is 401 g/mol. The molecule has 1 aromatic heterocycles. The van der Waals surface area contributed by atoms with Crippen LogP contribution in [-0.2, 0) is 19.7 Å². The minimum absolute atomic E-state index is 0.263. The third-order valence-electron chi connectivity index (χ3n) is 3.84. The third-order valence-corrected chi connectivity index (χ3v) is 4.57. The van der Waals surface area contributed by atoms with Gasteiger partial charge >= 0.3 is 0 Å². The molecule has 0 aliphatic heterocycles. The van der Waals surface area contributed by atoms with Crippen LogP contribution in [0.1, 0.15) is 16.9 Å². The lowest BCUT2D eigenvalue weighted by atomic mass is 10.2. The highest BCUT2D eigenvalue weighted by Gasteiger charge is 2.11. The van der Waals surface area contributed by atoms with Gasteiger partial charge in [-0.15, -0.1) is 0 Å². The molecule has 0 saturated heterocycles. The van der Waals surface area contributed by atoms with Crippen LogP contribution in [0.25, 0.3) is 0 Å². The van der Waals surface area contributed by atoms with Gasteiger partial charge < -0.3 is 19.2 Å². The van der Waals surface area contributed by atoms with Crippen LogP contribution in [0.4, 0.5) is 4.39 Å². The molecule has 0 fully saturated rings. The van der Waals surface area contributed by atoms with Crippen LogP contribution in [0.5, 0.6) is 11.5 Å². The Hall–Kier alpha value is -2.31. The summed E-state index contributed by atoms with van der Waals surface area (Å²) in [4.78, 5) is 0. The van der Waals surface area contributed by atoms with Crippen molar-refractivity contribution in [1.29, 1.82) is 0 Å². The fourth-order valence-electron chi connectivity index (χ4n) is 2.46. The van der Waals surface area contributed by atoms with Crippen molar-refractivity contribution in [3.8, 4) is 11.5 Å². The molecule has 0 spiro atoms. The molecule has 0 aliphatic carbocycles. The molecule has 0 saturated carbocycles. The number of benzene rings is 2. The maximum absolute atomic E-state index is 13.0. The molecule has 0 unspecified atom stereocenters. The summed E-state index contributed by atoms with van der Waals surface area (Å²) in [5.41, 5.74) is 1.93. The van der Waals surface area contributed by atoms with Crippen molar-refractivity contribution in [3.05, 3.63) is 82.0 Å². The number of halogens is 2. The molecule has 1 heterocycles. The Morgan fingerprint density at radius 1 is 1.08 bits per heavy atom. The first kappa shape index (κ1) is 18.5. The summed E-state index contributed by atoms with van der Waals surface area (Å²) in [6.07, 6.45) is 1.66. The largest absolute Gasteiger partial charge is 0.493 e. The van der Waals surface area contributed by atoms with Crippen molar-refractivity contribution in [2.24, 2.45) is 0 Å². The average molecular weight is 420 g/mol. The van der Waals surface area contributed by atoms with Gasteiger partial charge in [0.15, 0.2) is 11.5 Å². The number of hydrogen-bond acceptors (Lipinski definition) is 4. The highest BCUT2D eigenvalue weighted by molar-refractivity contribution is 9.10. The number of nitrogens with one attached hydrogen (secondary N) is 1. The van der Waals surface area contributed by atoms with E-state index in [9.17, 15) is 4.39 Å². The quantitative estimate of drug-likeness (QED) is 0.554. The van der Waals surface area contributed by atoms with Crippen molar-refractivity contribution < 1.29 is 18.3 Å². The molecule has 2 aromatic carbocycles. The predicted molar refractivity (Wildman–Crippen MR) is 101 cm³/mol. The maximum atomic E-state index is 13.0. The monoisotopic (exact) mass is 419 g/mol. The van der Waals surface area contributed by atoms with Crippen LogP contribution in [0.15, 0.2) is 63.7 Å². The number of ether oxygens (including phenoxy) is 2. The Kier molecular flexibility index (Phi) is 6.30. The van der Waals surface area contributed by atoms with Crippen LogP contribution in [0.2, 0.25) is 0 Å². The van der Waals surface area contributed by atoms with Gasteiger partial charge in [0, 0.05) is 11.0 Å². The van der Waals surface area contributed by atoms with E-state index in [2.05, 4.69) is 21.2 Å². The topological polar surface area (TPSA) is 43.6 Å². The van der Waals surface area contributed by atoms with E-state index in [4.69, 9.17) is 13.9 Å². The Balaban J connectivity index is 1.64. The van der Waals surface area contributed by atoms with E-state index in [-0.39, 0.29) is 5.82 Å². The van der Waals surface area contributed by atoms with E-state index in [1.165, 1.54) is 12.1 Å². The molecule has 1 N–H and O–H groups in total. The Labute approximate surface area is 160 Å². The van der Waals surface area contributed by atoms with Gasteiger partial charge in [0.05, 0.1) is 19.9 Å². The minimum atomic E-state index is -0.263. The van der Waals surface area contributed by atoms with E-state index in [0.29, 0.717) is 31.2 Å². The summed E-state index contributed by atoms with van der Waals surface area (Å²) in [6, 6.07) is 13.8. The van der Waals surface area contributed by atoms with Crippen LogP contribution >= 0.6 is 15.9 Å². The summed E-state index contributed by atoms with van der Waals surface area (Å²) >= 11 is 3.58. The van der Waals surface area contributed by atoms with Crippen molar-refractivity contribution >= 4 is 15.9 Å². The molecular formula is C20H19BrFNO3.